The standard InChI is InChI=1S/C19H25ClN2O3S/c20-17-3-1-2-4-18(17)26(24,25)22-9-7-21(8-10-22)19(23)13-16-12-14-5-6-15(16)11-14/h1-4,14-16H,5-13H2/t14-,15-,16+/m1/s1. The van der Waals surface area contributed by atoms with E-state index in [1.165, 1.54) is 36.1 Å². The molecule has 3 atom stereocenters. The van der Waals surface area contributed by atoms with Crippen molar-refractivity contribution in [3.05, 3.63) is 29.3 Å². The molecule has 0 aromatic heterocycles. The minimum absolute atomic E-state index is 0.142. The van der Waals surface area contributed by atoms with Gasteiger partial charge in [-0.05, 0) is 49.1 Å². The van der Waals surface area contributed by atoms with Crippen molar-refractivity contribution in [3.8, 4) is 0 Å². The lowest BCUT2D eigenvalue weighted by Gasteiger charge is -2.35. The third-order valence-electron chi connectivity index (χ3n) is 6.37. The molecule has 1 amide bonds. The largest absolute Gasteiger partial charge is 0.340 e. The van der Waals surface area contributed by atoms with Crippen molar-refractivity contribution in [2.75, 3.05) is 26.2 Å². The summed E-state index contributed by atoms with van der Waals surface area (Å²) in [4.78, 5) is 14.6. The van der Waals surface area contributed by atoms with Crippen LogP contribution in [0.2, 0.25) is 5.02 Å². The van der Waals surface area contributed by atoms with E-state index >= 15 is 0 Å². The Morgan fingerprint density at radius 3 is 2.42 bits per heavy atom. The summed E-state index contributed by atoms with van der Waals surface area (Å²) < 4.78 is 27.0. The maximum Gasteiger partial charge on any atom is 0.244 e. The lowest BCUT2D eigenvalue weighted by molar-refractivity contribution is -0.133. The highest BCUT2D eigenvalue weighted by Gasteiger charge is 2.41. The first-order valence-corrected chi connectivity index (χ1v) is 11.3. The number of nitrogens with zero attached hydrogens (tertiary/aromatic N) is 2. The number of halogens is 1. The molecule has 5 nitrogen and oxygen atoms in total. The predicted octanol–water partition coefficient (Wildman–Crippen LogP) is 3.00. The lowest BCUT2D eigenvalue weighted by Crippen LogP contribution is -2.50. The minimum atomic E-state index is -3.61. The van der Waals surface area contributed by atoms with E-state index < -0.39 is 10.0 Å². The van der Waals surface area contributed by atoms with Crippen molar-refractivity contribution < 1.29 is 13.2 Å². The number of piperazine rings is 1. The summed E-state index contributed by atoms with van der Waals surface area (Å²) in [6.45, 7) is 1.58. The fourth-order valence-corrected chi connectivity index (χ4v) is 6.87. The van der Waals surface area contributed by atoms with E-state index in [0.717, 1.165) is 11.8 Å². The highest BCUT2D eigenvalue weighted by molar-refractivity contribution is 7.89. The molecule has 3 aliphatic rings. The Kier molecular flexibility index (Phi) is 5.01. The van der Waals surface area contributed by atoms with Gasteiger partial charge < -0.3 is 4.90 Å². The van der Waals surface area contributed by atoms with Gasteiger partial charge in [-0.3, -0.25) is 4.79 Å². The second kappa shape index (κ2) is 7.13. The van der Waals surface area contributed by atoms with E-state index in [0.29, 0.717) is 38.5 Å². The number of hydrogen-bond acceptors (Lipinski definition) is 3. The first-order chi connectivity index (χ1) is 12.4. The van der Waals surface area contributed by atoms with Crippen LogP contribution in [0.15, 0.2) is 29.2 Å². The number of carbonyl (C=O) groups excluding carboxylic acids is 1. The number of benzene rings is 1. The molecule has 0 N–H and O–H groups in total. The molecule has 3 fully saturated rings. The molecule has 1 aromatic carbocycles. The summed E-state index contributed by atoms with van der Waals surface area (Å²) >= 11 is 6.06. The van der Waals surface area contributed by atoms with Crippen LogP contribution in [-0.4, -0.2) is 49.7 Å². The van der Waals surface area contributed by atoms with Gasteiger partial charge in [-0.15, -0.1) is 0 Å². The normalized spacial score (nSPS) is 29.3. The van der Waals surface area contributed by atoms with E-state index in [4.69, 9.17) is 11.6 Å². The third kappa shape index (κ3) is 3.39. The van der Waals surface area contributed by atoms with Crippen LogP contribution in [0, 0.1) is 17.8 Å². The van der Waals surface area contributed by atoms with Gasteiger partial charge >= 0.3 is 0 Å². The average Bonchev–Trinajstić information content (AvgIpc) is 3.25. The lowest BCUT2D eigenvalue weighted by atomic mass is 9.86. The molecule has 1 heterocycles. The topological polar surface area (TPSA) is 57.7 Å². The van der Waals surface area contributed by atoms with Crippen LogP contribution in [0.25, 0.3) is 0 Å². The van der Waals surface area contributed by atoms with E-state index in [9.17, 15) is 13.2 Å². The van der Waals surface area contributed by atoms with Crippen LogP contribution in [-0.2, 0) is 14.8 Å². The average molecular weight is 397 g/mol. The summed E-state index contributed by atoms with van der Waals surface area (Å²) in [5.41, 5.74) is 0. The zero-order valence-corrected chi connectivity index (χ0v) is 16.4. The number of amides is 1. The molecule has 1 saturated heterocycles. The first-order valence-electron chi connectivity index (χ1n) is 9.47. The molecule has 26 heavy (non-hydrogen) atoms. The highest BCUT2D eigenvalue weighted by atomic mass is 35.5. The van der Waals surface area contributed by atoms with E-state index in [2.05, 4.69) is 0 Å². The van der Waals surface area contributed by atoms with Crippen molar-refractivity contribution in [2.24, 2.45) is 17.8 Å². The molecule has 1 aromatic rings. The van der Waals surface area contributed by atoms with Crippen molar-refractivity contribution >= 4 is 27.5 Å². The number of sulfonamides is 1. The molecule has 142 valence electrons. The van der Waals surface area contributed by atoms with Gasteiger partial charge in [0.25, 0.3) is 0 Å². The minimum Gasteiger partial charge on any atom is -0.340 e. The second-order valence-electron chi connectivity index (χ2n) is 7.85. The van der Waals surface area contributed by atoms with E-state index in [1.807, 2.05) is 4.90 Å². The van der Waals surface area contributed by atoms with E-state index in [1.54, 1.807) is 18.2 Å². The zero-order valence-electron chi connectivity index (χ0n) is 14.8. The zero-order chi connectivity index (χ0) is 18.3. The van der Waals surface area contributed by atoms with Crippen LogP contribution >= 0.6 is 11.6 Å². The number of rotatable bonds is 4. The van der Waals surface area contributed by atoms with Gasteiger partial charge in [0.05, 0.1) is 5.02 Å². The molecule has 0 spiro atoms. The third-order valence-corrected chi connectivity index (χ3v) is 8.77. The van der Waals surface area contributed by atoms with E-state index in [-0.39, 0.29) is 15.8 Å². The smallest absolute Gasteiger partial charge is 0.244 e. The quantitative estimate of drug-likeness (QED) is 0.786. The van der Waals surface area contributed by atoms with Gasteiger partial charge in [0.15, 0.2) is 0 Å². The number of hydrogen-bond donors (Lipinski definition) is 0. The molecular formula is C19H25ClN2O3S. The molecule has 2 saturated carbocycles. The molecule has 4 rings (SSSR count). The summed E-state index contributed by atoms with van der Waals surface area (Å²) in [6.07, 6.45) is 5.78. The Balaban J connectivity index is 1.35. The molecular weight excluding hydrogens is 372 g/mol. The number of fused-ring (bicyclic) bond motifs is 2. The van der Waals surface area contributed by atoms with Gasteiger partial charge in [-0.1, -0.05) is 30.2 Å². The summed E-state index contributed by atoms with van der Waals surface area (Å²) in [7, 11) is -3.61. The Morgan fingerprint density at radius 1 is 1.08 bits per heavy atom. The van der Waals surface area contributed by atoms with Crippen LogP contribution in [0.3, 0.4) is 0 Å². The van der Waals surface area contributed by atoms with Gasteiger partial charge in [-0.2, -0.15) is 4.31 Å². The SMILES string of the molecule is O=C(C[C@@H]1C[C@@H]2CC[C@@H]1C2)N1CCN(S(=O)(=O)c2ccccc2Cl)CC1. The van der Waals surface area contributed by atoms with Crippen molar-refractivity contribution in [2.45, 2.75) is 37.0 Å². The predicted molar refractivity (Wildman–Crippen MR) is 100 cm³/mol. The van der Waals surface area contributed by atoms with Gasteiger partial charge in [0.2, 0.25) is 15.9 Å². The Labute approximate surface area is 160 Å². The maximum atomic E-state index is 12.8. The Hall–Kier alpha value is -1.11. The van der Waals surface area contributed by atoms with Crippen LogP contribution in [0.4, 0.5) is 0 Å². The summed E-state index contributed by atoms with van der Waals surface area (Å²) in [5.74, 6) is 2.32. The van der Waals surface area contributed by atoms with Crippen LogP contribution < -0.4 is 0 Å². The van der Waals surface area contributed by atoms with Crippen molar-refractivity contribution in [1.82, 2.24) is 9.21 Å². The van der Waals surface area contributed by atoms with Gasteiger partial charge in [-0.25, -0.2) is 8.42 Å². The first kappa shape index (κ1) is 18.3. The van der Waals surface area contributed by atoms with Crippen molar-refractivity contribution in [1.29, 1.82) is 0 Å². The fraction of sp³-hybridized carbons (Fsp3) is 0.632. The number of carbonyl (C=O) groups is 1. The Morgan fingerprint density at radius 2 is 1.81 bits per heavy atom. The highest BCUT2D eigenvalue weighted by Crippen LogP contribution is 2.49. The van der Waals surface area contributed by atoms with Gasteiger partial charge in [0.1, 0.15) is 4.90 Å². The molecule has 0 unspecified atom stereocenters. The van der Waals surface area contributed by atoms with Gasteiger partial charge in [0, 0.05) is 32.6 Å². The maximum absolute atomic E-state index is 12.8. The Bertz CT molecular complexity index is 790. The molecule has 0 radical (unpaired) electrons. The monoisotopic (exact) mass is 396 g/mol. The molecule has 2 bridgehead atoms. The van der Waals surface area contributed by atoms with Crippen LogP contribution in [0.5, 0.6) is 0 Å². The molecule has 1 aliphatic heterocycles. The molecule has 2 aliphatic carbocycles. The molecule has 7 heteroatoms. The summed E-state index contributed by atoms with van der Waals surface area (Å²) in [6, 6.07) is 6.51. The fourth-order valence-electron chi connectivity index (χ4n) is 4.95. The second-order valence-corrected chi connectivity index (χ2v) is 10.2. The van der Waals surface area contributed by atoms with Crippen molar-refractivity contribution in [3.63, 3.8) is 0 Å². The van der Waals surface area contributed by atoms with Crippen LogP contribution in [0.1, 0.15) is 32.1 Å². The summed E-state index contributed by atoms with van der Waals surface area (Å²) in [5, 5.41) is 0.238.